The zero-order chi connectivity index (χ0) is 14.2. The van der Waals surface area contributed by atoms with Crippen LogP contribution in [-0.4, -0.2) is 11.1 Å². The second-order valence-corrected chi connectivity index (χ2v) is 5.04. The minimum Gasteiger partial charge on any atom is -0.420 e. The summed E-state index contributed by atoms with van der Waals surface area (Å²) >= 11 is 17.6. The van der Waals surface area contributed by atoms with Gasteiger partial charge < -0.3 is 9.26 Å². The van der Waals surface area contributed by atoms with Crippen LogP contribution in [0.4, 0.5) is 0 Å². The van der Waals surface area contributed by atoms with E-state index in [9.17, 15) is 4.79 Å². The van der Waals surface area contributed by atoms with Gasteiger partial charge in [0.25, 0.3) is 0 Å². The quantitative estimate of drug-likeness (QED) is 0.605. The highest BCUT2D eigenvalue weighted by molar-refractivity contribution is 6.40. The van der Waals surface area contributed by atoms with Crippen LogP contribution in [0, 0.1) is 13.8 Å². The minimum atomic E-state index is -0.637. The molecular weight excluding hydrogens is 312 g/mol. The Balaban J connectivity index is 2.35. The van der Waals surface area contributed by atoms with Crippen LogP contribution < -0.4 is 4.74 Å². The summed E-state index contributed by atoms with van der Waals surface area (Å²) in [4.78, 5) is 12.0. The number of ether oxygens (including phenoxy) is 1. The average Bonchev–Trinajstić information content (AvgIpc) is 2.63. The van der Waals surface area contributed by atoms with Gasteiger partial charge in [-0.15, -0.1) is 0 Å². The third kappa shape index (κ3) is 2.86. The van der Waals surface area contributed by atoms with Gasteiger partial charge in [0.1, 0.15) is 11.3 Å². The van der Waals surface area contributed by atoms with Crippen LogP contribution in [0.25, 0.3) is 0 Å². The van der Waals surface area contributed by atoms with Gasteiger partial charge in [0.05, 0.1) is 15.7 Å². The van der Waals surface area contributed by atoms with E-state index in [2.05, 4.69) is 5.16 Å². The van der Waals surface area contributed by atoms with Crippen LogP contribution in [0.5, 0.6) is 5.75 Å². The van der Waals surface area contributed by atoms with Crippen LogP contribution in [0.3, 0.4) is 0 Å². The maximum Gasteiger partial charge on any atom is 0.349 e. The predicted molar refractivity (Wildman–Crippen MR) is 72.4 cm³/mol. The molecule has 7 heteroatoms. The fourth-order valence-electron chi connectivity index (χ4n) is 1.54. The Morgan fingerprint density at radius 1 is 1.21 bits per heavy atom. The number of hydrogen-bond donors (Lipinski definition) is 0. The summed E-state index contributed by atoms with van der Waals surface area (Å²) in [7, 11) is 0. The number of rotatable bonds is 2. The van der Waals surface area contributed by atoms with Crippen molar-refractivity contribution in [3.63, 3.8) is 0 Å². The molecule has 0 saturated heterocycles. The van der Waals surface area contributed by atoms with Crippen LogP contribution in [0.1, 0.15) is 21.8 Å². The molecule has 2 rings (SSSR count). The molecule has 0 radical (unpaired) electrons. The van der Waals surface area contributed by atoms with Gasteiger partial charge in [0.2, 0.25) is 0 Å². The molecule has 0 bridgehead atoms. The fourth-order valence-corrected chi connectivity index (χ4v) is 2.44. The van der Waals surface area contributed by atoms with E-state index in [1.807, 2.05) is 0 Å². The minimum absolute atomic E-state index is 0.0535. The second-order valence-electron chi connectivity index (χ2n) is 3.79. The number of nitrogens with zero attached hydrogens (tertiary/aromatic N) is 1. The summed E-state index contributed by atoms with van der Waals surface area (Å²) in [5.41, 5.74) is 0.686. The van der Waals surface area contributed by atoms with E-state index in [-0.39, 0.29) is 21.4 Å². The van der Waals surface area contributed by atoms with Gasteiger partial charge in [-0.05, 0) is 26.0 Å². The fraction of sp³-hybridized carbons (Fsp3) is 0.167. The molecule has 1 aromatic heterocycles. The lowest BCUT2D eigenvalue weighted by atomic mass is 10.2. The van der Waals surface area contributed by atoms with E-state index < -0.39 is 5.97 Å². The smallest absolute Gasteiger partial charge is 0.349 e. The topological polar surface area (TPSA) is 52.3 Å². The first-order valence-corrected chi connectivity index (χ1v) is 6.33. The highest BCUT2D eigenvalue weighted by Crippen LogP contribution is 2.36. The zero-order valence-electron chi connectivity index (χ0n) is 9.96. The van der Waals surface area contributed by atoms with Crippen molar-refractivity contribution in [1.29, 1.82) is 0 Å². The molecule has 0 aliphatic carbocycles. The molecule has 0 N–H and O–H groups in total. The van der Waals surface area contributed by atoms with Gasteiger partial charge in [-0.25, -0.2) is 4.79 Å². The van der Waals surface area contributed by atoms with Crippen molar-refractivity contribution in [2.45, 2.75) is 13.8 Å². The Labute approximate surface area is 124 Å². The molecule has 1 heterocycles. The zero-order valence-corrected chi connectivity index (χ0v) is 12.2. The number of aryl methyl sites for hydroxylation is 2. The summed E-state index contributed by atoms with van der Waals surface area (Å²) in [6, 6.07) is 2.87. The van der Waals surface area contributed by atoms with Gasteiger partial charge in [0, 0.05) is 5.02 Å². The Morgan fingerprint density at radius 2 is 1.79 bits per heavy atom. The molecule has 0 unspecified atom stereocenters. The van der Waals surface area contributed by atoms with Crippen molar-refractivity contribution in [2.75, 3.05) is 0 Å². The normalized spacial score (nSPS) is 10.6. The van der Waals surface area contributed by atoms with Gasteiger partial charge in [0.15, 0.2) is 5.75 Å². The number of esters is 1. The van der Waals surface area contributed by atoms with Gasteiger partial charge in [-0.2, -0.15) is 0 Å². The SMILES string of the molecule is Cc1noc(C)c1C(=O)Oc1c(Cl)cc(Cl)cc1Cl. The number of benzene rings is 1. The molecule has 1 aromatic carbocycles. The van der Waals surface area contributed by atoms with E-state index in [0.29, 0.717) is 16.5 Å². The summed E-state index contributed by atoms with van der Waals surface area (Å²) < 4.78 is 10.1. The second kappa shape index (κ2) is 5.41. The van der Waals surface area contributed by atoms with Gasteiger partial charge in [-0.3, -0.25) is 0 Å². The monoisotopic (exact) mass is 319 g/mol. The number of hydrogen-bond acceptors (Lipinski definition) is 4. The Kier molecular flexibility index (Phi) is 4.04. The van der Waals surface area contributed by atoms with E-state index in [4.69, 9.17) is 44.1 Å². The number of aromatic nitrogens is 1. The lowest BCUT2D eigenvalue weighted by Gasteiger charge is -2.08. The molecule has 0 fully saturated rings. The van der Waals surface area contributed by atoms with E-state index in [0.717, 1.165) is 0 Å². The molecule has 0 aliphatic heterocycles. The van der Waals surface area contributed by atoms with Crippen molar-refractivity contribution in [2.24, 2.45) is 0 Å². The molecule has 0 amide bonds. The number of halogens is 3. The van der Waals surface area contributed by atoms with Crippen LogP contribution in [0.15, 0.2) is 16.7 Å². The number of carbonyl (C=O) groups excluding carboxylic acids is 1. The van der Waals surface area contributed by atoms with Crippen molar-refractivity contribution in [1.82, 2.24) is 5.16 Å². The lowest BCUT2D eigenvalue weighted by molar-refractivity contribution is 0.0732. The van der Waals surface area contributed by atoms with Crippen molar-refractivity contribution in [3.8, 4) is 5.75 Å². The predicted octanol–water partition coefficient (Wildman–Crippen LogP) is 4.47. The Morgan fingerprint density at radius 3 is 2.26 bits per heavy atom. The van der Waals surface area contributed by atoms with Crippen LogP contribution in [0.2, 0.25) is 15.1 Å². The van der Waals surface area contributed by atoms with Crippen LogP contribution in [-0.2, 0) is 0 Å². The van der Waals surface area contributed by atoms with E-state index in [1.165, 1.54) is 12.1 Å². The highest BCUT2D eigenvalue weighted by atomic mass is 35.5. The summed E-state index contributed by atoms with van der Waals surface area (Å²) in [5.74, 6) is -0.219. The standard InChI is InChI=1S/C12H8Cl3NO3/c1-5-10(6(2)19-16-5)12(17)18-11-8(14)3-7(13)4-9(11)15/h3-4H,1-2H3. The molecule has 4 nitrogen and oxygen atoms in total. The van der Waals surface area contributed by atoms with Crippen molar-refractivity contribution in [3.05, 3.63) is 44.2 Å². The molecule has 0 spiro atoms. The molecular formula is C12H8Cl3NO3. The highest BCUT2D eigenvalue weighted by Gasteiger charge is 2.22. The van der Waals surface area contributed by atoms with E-state index in [1.54, 1.807) is 13.8 Å². The van der Waals surface area contributed by atoms with Gasteiger partial charge in [-0.1, -0.05) is 40.0 Å². The molecule has 0 saturated carbocycles. The summed E-state index contributed by atoms with van der Waals surface area (Å²) in [6.07, 6.45) is 0. The van der Waals surface area contributed by atoms with Crippen LogP contribution >= 0.6 is 34.8 Å². The lowest BCUT2D eigenvalue weighted by Crippen LogP contribution is -2.11. The average molecular weight is 321 g/mol. The Hall–Kier alpha value is -1.23. The van der Waals surface area contributed by atoms with Crippen molar-refractivity contribution >= 4 is 40.8 Å². The first kappa shape index (κ1) is 14.2. The summed E-state index contributed by atoms with van der Waals surface area (Å²) in [6.45, 7) is 3.25. The van der Waals surface area contributed by atoms with Crippen molar-refractivity contribution < 1.29 is 14.1 Å². The van der Waals surface area contributed by atoms with Gasteiger partial charge >= 0.3 is 5.97 Å². The third-order valence-electron chi connectivity index (χ3n) is 2.40. The molecule has 0 aliphatic rings. The molecule has 100 valence electrons. The number of carbonyl (C=O) groups is 1. The summed E-state index contributed by atoms with van der Waals surface area (Å²) in [5, 5.41) is 4.33. The Bertz CT molecular complexity index is 609. The largest absolute Gasteiger partial charge is 0.420 e. The first-order chi connectivity index (χ1) is 8.90. The maximum absolute atomic E-state index is 12.0. The molecule has 19 heavy (non-hydrogen) atoms. The van der Waals surface area contributed by atoms with E-state index >= 15 is 0 Å². The maximum atomic E-state index is 12.0. The molecule has 0 atom stereocenters. The third-order valence-corrected chi connectivity index (χ3v) is 3.18. The first-order valence-electron chi connectivity index (χ1n) is 5.19. The molecule has 2 aromatic rings.